The Bertz CT molecular complexity index is 384. The molecule has 0 aliphatic heterocycles. The van der Waals surface area contributed by atoms with Gasteiger partial charge in [-0.25, -0.2) is 4.98 Å². The number of hydrogen-bond donors (Lipinski definition) is 1. The number of nitrogens with two attached hydrogens (primary N) is 1. The molecule has 0 amide bonds. The molecule has 2 heterocycles. The number of pyridine rings is 1. The summed E-state index contributed by atoms with van der Waals surface area (Å²) >= 11 is 0. The maximum Gasteiger partial charge on any atom is 0.181 e. The second kappa shape index (κ2) is 3.37. The molecule has 2 N–H and O–H groups in total. The van der Waals surface area contributed by atoms with Crippen LogP contribution in [0.2, 0.25) is 0 Å². The summed E-state index contributed by atoms with van der Waals surface area (Å²) in [5.74, 6) is 0.711. The van der Waals surface area contributed by atoms with Crippen molar-refractivity contribution in [1.29, 1.82) is 0 Å². The van der Waals surface area contributed by atoms with Crippen molar-refractivity contribution in [2.24, 2.45) is 5.73 Å². The zero-order valence-corrected chi connectivity index (χ0v) is 6.97. The number of rotatable bonds is 2. The van der Waals surface area contributed by atoms with Crippen LogP contribution in [0.4, 0.5) is 0 Å². The molecule has 0 fully saturated rings. The fraction of sp³-hybridized carbons (Fsp3) is 0.111. The quantitative estimate of drug-likeness (QED) is 0.744. The van der Waals surface area contributed by atoms with Gasteiger partial charge in [0.25, 0.3) is 0 Å². The third kappa shape index (κ3) is 1.57. The van der Waals surface area contributed by atoms with E-state index in [2.05, 4.69) is 9.97 Å². The van der Waals surface area contributed by atoms with E-state index in [0.29, 0.717) is 12.3 Å². The molecule has 66 valence electrons. The van der Waals surface area contributed by atoms with Crippen LogP contribution in [0.1, 0.15) is 5.56 Å². The summed E-state index contributed by atoms with van der Waals surface area (Å²) in [6, 6.07) is 1.94. The topological polar surface area (TPSA) is 64.9 Å². The number of aromatic nitrogens is 2. The number of nitrogens with zero attached hydrogens (tertiary/aromatic N) is 2. The van der Waals surface area contributed by atoms with Crippen molar-refractivity contribution in [3.8, 4) is 11.3 Å². The third-order valence-corrected chi connectivity index (χ3v) is 1.75. The van der Waals surface area contributed by atoms with Gasteiger partial charge in [0, 0.05) is 24.5 Å². The lowest BCUT2D eigenvalue weighted by Crippen LogP contribution is -1.96. The van der Waals surface area contributed by atoms with Gasteiger partial charge in [-0.3, -0.25) is 4.98 Å². The van der Waals surface area contributed by atoms with E-state index in [9.17, 15) is 0 Å². The first-order chi connectivity index (χ1) is 6.40. The van der Waals surface area contributed by atoms with E-state index in [-0.39, 0.29) is 0 Å². The van der Waals surface area contributed by atoms with E-state index in [1.54, 1.807) is 18.6 Å². The molecule has 0 saturated carbocycles. The van der Waals surface area contributed by atoms with E-state index in [0.717, 1.165) is 11.1 Å². The van der Waals surface area contributed by atoms with Crippen LogP contribution in [-0.2, 0) is 6.54 Å². The van der Waals surface area contributed by atoms with Crippen molar-refractivity contribution in [2.75, 3.05) is 0 Å². The minimum atomic E-state index is 0.481. The summed E-state index contributed by atoms with van der Waals surface area (Å²) in [6.45, 7) is 0.481. The molecule has 0 aliphatic carbocycles. The minimum absolute atomic E-state index is 0.481. The summed E-state index contributed by atoms with van der Waals surface area (Å²) < 4.78 is 5.13. The average Bonchev–Trinajstić information content (AvgIpc) is 2.71. The molecular formula is C9H9N3O. The summed E-state index contributed by atoms with van der Waals surface area (Å²) in [4.78, 5) is 7.87. The molecule has 0 unspecified atom stereocenters. The van der Waals surface area contributed by atoms with Crippen molar-refractivity contribution in [3.63, 3.8) is 0 Å². The van der Waals surface area contributed by atoms with Crippen LogP contribution in [0.25, 0.3) is 11.3 Å². The third-order valence-electron chi connectivity index (χ3n) is 1.75. The SMILES string of the molecule is NCc1cncc(-c2cnco2)c1. The van der Waals surface area contributed by atoms with Gasteiger partial charge in [-0.15, -0.1) is 0 Å². The second-order valence-corrected chi connectivity index (χ2v) is 2.65. The van der Waals surface area contributed by atoms with Crippen molar-refractivity contribution in [3.05, 3.63) is 36.6 Å². The molecule has 0 radical (unpaired) electrons. The van der Waals surface area contributed by atoms with Gasteiger partial charge in [0.15, 0.2) is 12.2 Å². The highest BCUT2D eigenvalue weighted by molar-refractivity contribution is 5.55. The molecule has 2 aromatic heterocycles. The van der Waals surface area contributed by atoms with Gasteiger partial charge in [0.05, 0.1) is 6.20 Å². The lowest BCUT2D eigenvalue weighted by Gasteiger charge is -1.98. The van der Waals surface area contributed by atoms with Gasteiger partial charge in [-0.1, -0.05) is 0 Å². The molecule has 0 saturated heterocycles. The standard InChI is InChI=1S/C9H9N3O/c10-2-7-1-8(4-11-3-7)9-5-12-6-13-9/h1,3-6H,2,10H2. The second-order valence-electron chi connectivity index (χ2n) is 2.65. The highest BCUT2D eigenvalue weighted by Crippen LogP contribution is 2.17. The lowest BCUT2D eigenvalue weighted by molar-refractivity contribution is 0.571. The summed E-state index contributed by atoms with van der Waals surface area (Å²) in [5.41, 5.74) is 7.37. The summed E-state index contributed by atoms with van der Waals surface area (Å²) in [6.07, 6.45) is 6.50. The smallest absolute Gasteiger partial charge is 0.181 e. The maximum atomic E-state index is 5.49. The van der Waals surface area contributed by atoms with Gasteiger partial charge in [0.2, 0.25) is 0 Å². The fourth-order valence-electron chi connectivity index (χ4n) is 1.09. The van der Waals surface area contributed by atoms with E-state index < -0.39 is 0 Å². The van der Waals surface area contributed by atoms with Crippen LogP contribution in [0.5, 0.6) is 0 Å². The Morgan fingerprint density at radius 1 is 1.23 bits per heavy atom. The summed E-state index contributed by atoms with van der Waals surface area (Å²) in [7, 11) is 0. The molecule has 13 heavy (non-hydrogen) atoms. The van der Waals surface area contributed by atoms with E-state index >= 15 is 0 Å². The maximum absolute atomic E-state index is 5.49. The van der Waals surface area contributed by atoms with Crippen LogP contribution >= 0.6 is 0 Å². The molecule has 0 atom stereocenters. The van der Waals surface area contributed by atoms with Crippen LogP contribution in [0.15, 0.2) is 35.5 Å². The van der Waals surface area contributed by atoms with E-state index in [4.69, 9.17) is 10.2 Å². The highest BCUT2D eigenvalue weighted by atomic mass is 16.3. The molecular weight excluding hydrogens is 166 g/mol. The Balaban J connectivity index is 2.41. The van der Waals surface area contributed by atoms with Crippen LogP contribution in [0.3, 0.4) is 0 Å². The minimum Gasteiger partial charge on any atom is -0.443 e. The van der Waals surface area contributed by atoms with Gasteiger partial charge < -0.3 is 10.2 Å². The van der Waals surface area contributed by atoms with E-state index in [1.165, 1.54) is 6.39 Å². The zero-order valence-electron chi connectivity index (χ0n) is 6.97. The highest BCUT2D eigenvalue weighted by Gasteiger charge is 2.01. The van der Waals surface area contributed by atoms with Crippen LogP contribution in [-0.4, -0.2) is 9.97 Å². The lowest BCUT2D eigenvalue weighted by atomic mass is 10.2. The Morgan fingerprint density at radius 2 is 2.15 bits per heavy atom. The number of oxazole rings is 1. The first-order valence-corrected chi connectivity index (χ1v) is 3.93. The van der Waals surface area contributed by atoms with Gasteiger partial charge in [-0.2, -0.15) is 0 Å². The van der Waals surface area contributed by atoms with Crippen molar-refractivity contribution in [2.45, 2.75) is 6.54 Å². The number of hydrogen-bond acceptors (Lipinski definition) is 4. The fourth-order valence-corrected chi connectivity index (χ4v) is 1.09. The largest absolute Gasteiger partial charge is 0.443 e. The normalized spacial score (nSPS) is 10.2. The van der Waals surface area contributed by atoms with Crippen molar-refractivity contribution in [1.82, 2.24) is 9.97 Å². The van der Waals surface area contributed by atoms with Gasteiger partial charge in [0.1, 0.15) is 0 Å². The van der Waals surface area contributed by atoms with Crippen molar-refractivity contribution < 1.29 is 4.42 Å². The Hall–Kier alpha value is -1.68. The predicted molar refractivity (Wildman–Crippen MR) is 47.6 cm³/mol. The Labute approximate surface area is 75.4 Å². The predicted octanol–water partition coefficient (Wildman–Crippen LogP) is 1.20. The zero-order chi connectivity index (χ0) is 9.10. The van der Waals surface area contributed by atoms with E-state index in [1.807, 2.05) is 6.07 Å². The van der Waals surface area contributed by atoms with Gasteiger partial charge in [-0.05, 0) is 11.6 Å². The molecule has 0 aliphatic rings. The molecule has 2 aromatic rings. The summed E-state index contributed by atoms with van der Waals surface area (Å²) in [5, 5.41) is 0. The molecule has 0 aromatic carbocycles. The molecule has 4 heteroatoms. The molecule has 0 bridgehead atoms. The van der Waals surface area contributed by atoms with Crippen LogP contribution in [0, 0.1) is 0 Å². The molecule has 0 spiro atoms. The van der Waals surface area contributed by atoms with Crippen LogP contribution < -0.4 is 5.73 Å². The van der Waals surface area contributed by atoms with Gasteiger partial charge >= 0.3 is 0 Å². The molecule has 2 rings (SSSR count). The Kier molecular flexibility index (Phi) is 2.06. The molecule has 4 nitrogen and oxygen atoms in total. The monoisotopic (exact) mass is 175 g/mol. The average molecular weight is 175 g/mol. The first kappa shape index (κ1) is 7.94. The van der Waals surface area contributed by atoms with Crippen molar-refractivity contribution >= 4 is 0 Å². The Morgan fingerprint density at radius 3 is 2.85 bits per heavy atom. The first-order valence-electron chi connectivity index (χ1n) is 3.93.